The molecule has 1 saturated carbocycles. The number of rotatable bonds is 15. The quantitative estimate of drug-likeness (QED) is 0.158. The Morgan fingerprint density at radius 1 is 0.889 bits per heavy atom. The summed E-state index contributed by atoms with van der Waals surface area (Å²) in [6.07, 6.45) is -0.704. The summed E-state index contributed by atoms with van der Waals surface area (Å²) < 4.78 is 42.9. The maximum Gasteiger partial charge on any atom is 0.410 e. The summed E-state index contributed by atoms with van der Waals surface area (Å²) in [5, 5.41) is 0. The first-order chi connectivity index (χ1) is 25.3. The number of hydrogen-bond acceptors (Lipinski definition) is 10. The molecule has 1 aliphatic heterocycles. The summed E-state index contributed by atoms with van der Waals surface area (Å²) in [5.74, 6) is -3.48. The Morgan fingerprint density at radius 2 is 1.54 bits per heavy atom. The van der Waals surface area contributed by atoms with E-state index in [0.717, 1.165) is 28.0 Å². The van der Waals surface area contributed by atoms with Crippen LogP contribution in [0.3, 0.4) is 0 Å². The molecule has 54 heavy (non-hydrogen) atoms. The predicted octanol–water partition coefficient (Wildman–Crippen LogP) is 5.98. The van der Waals surface area contributed by atoms with Crippen LogP contribution < -0.4 is 0 Å². The molecule has 12 nitrogen and oxygen atoms in total. The van der Waals surface area contributed by atoms with E-state index in [0.29, 0.717) is 31.6 Å². The lowest BCUT2D eigenvalue weighted by Crippen LogP contribution is -2.52. The van der Waals surface area contributed by atoms with Gasteiger partial charge in [-0.2, -0.15) is 0 Å². The van der Waals surface area contributed by atoms with Gasteiger partial charge in [0.2, 0.25) is 6.10 Å². The number of hydrogen-bond donors (Lipinski definition) is 0. The van der Waals surface area contributed by atoms with E-state index in [-0.39, 0.29) is 13.0 Å². The maximum atomic E-state index is 15.2. The minimum Gasteiger partial charge on any atom is -0.458 e. The zero-order valence-corrected chi connectivity index (χ0v) is 32.5. The molecule has 13 heteroatoms. The molecule has 0 radical (unpaired) electrons. The molecule has 2 aromatic carbocycles. The summed E-state index contributed by atoms with van der Waals surface area (Å²) in [4.78, 5) is 69.3. The molecule has 0 spiro atoms. The summed E-state index contributed by atoms with van der Waals surface area (Å²) in [5.41, 5.74) is -0.501. The molecule has 3 atom stereocenters. The first-order valence-corrected chi connectivity index (χ1v) is 18.2. The van der Waals surface area contributed by atoms with E-state index >= 15 is 4.39 Å². The van der Waals surface area contributed by atoms with E-state index in [9.17, 15) is 24.0 Å². The van der Waals surface area contributed by atoms with Crippen LogP contribution in [-0.2, 0) is 55.9 Å². The SMILES string of the molecule is C[C@@H](OC(=O)C1(N(C)C(=O)OC(C)(C)C)CC1)C(=O)N(C)[C@@H](CC(C)(C)F)C(=O)O[C@H](Cc1ccc(C2=CCOCC2)cc1)C(=O)OCc1ccccc1. The van der Waals surface area contributed by atoms with Crippen LogP contribution in [0.5, 0.6) is 0 Å². The van der Waals surface area contributed by atoms with Crippen molar-refractivity contribution in [3.8, 4) is 0 Å². The predicted molar refractivity (Wildman–Crippen MR) is 198 cm³/mol. The van der Waals surface area contributed by atoms with Gasteiger partial charge in [-0.25, -0.2) is 23.6 Å². The number of benzene rings is 2. The van der Waals surface area contributed by atoms with Gasteiger partial charge in [-0.1, -0.05) is 60.7 Å². The van der Waals surface area contributed by atoms with Crippen LogP contribution in [0.2, 0.25) is 0 Å². The van der Waals surface area contributed by atoms with Crippen LogP contribution in [0.25, 0.3) is 5.57 Å². The van der Waals surface area contributed by atoms with Crippen molar-refractivity contribution < 1.29 is 52.0 Å². The number of likely N-dealkylation sites (N-methyl/N-ethyl adjacent to an activating group) is 2. The first kappa shape index (κ1) is 42.0. The number of ether oxygens (including phenoxy) is 5. The Morgan fingerprint density at radius 3 is 2.09 bits per heavy atom. The second-order valence-electron chi connectivity index (χ2n) is 15.5. The van der Waals surface area contributed by atoms with Crippen molar-refractivity contribution in [2.24, 2.45) is 0 Å². The summed E-state index contributed by atoms with van der Waals surface area (Å²) in [6.45, 7) is 10.0. The van der Waals surface area contributed by atoms with Gasteiger partial charge in [0, 0.05) is 26.9 Å². The number of nitrogens with zero attached hydrogens (tertiary/aromatic N) is 2. The van der Waals surface area contributed by atoms with E-state index < -0.39 is 71.4 Å². The lowest BCUT2D eigenvalue weighted by atomic mass is 9.98. The van der Waals surface area contributed by atoms with E-state index in [4.69, 9.17) is 23.7 Å². The smallest absolute Gasteiger partial charge is 0.410 e. The van der Waals surface area contributed by atoms with Crippen LogP contribution in [0.15, 0.2) is 60.7 Å². The Bertz CT molecular complexity index is 1680. The lowest BCUT2D eigenvalue weighted by molar-refractivity contribution is -0.175. The van der Waals surface area contributed by atoms with Crippen molar-refractivity contribution in [3.63, 3.8) is 0 Å². The fourth-order valence-corrected chi connectivity index (χ4v) is 5.97. The van der Waals surface area contributed by atoms with Gasteiger partial charge in [-0.05, 0) is 83.1 Å². The average molecular weight is 753 g/mol. The number of carbonyl (C=O) groups is 5. The van der Waals surface area contributed by atoms with Gasteiger partial charge in [0.05, 0.1) is 13.2 Å². The molecule has 2 aliphatic rings. The van der Waals surface area contributed by atoms with Gasteiger partial charge in [-0.15, -0.1) is 0 Å². The largest absolute Gasteiger partial charge is 0.458 e. The number of alkyl halides is 1. The average Bonchev–Trinajstić information content (AvgIpc) is 3.94. The summed E-state index contributed by atoms with van der Waals surface area (Å²) >= 11 is 0. The molecular formula is C41H53FN2O10. The van der Waals surface area contributed by atoms with Crippen molar-refractivity contribution in [1.82, 2.24) is 9.80 Å². The van der Waals surface area contributed by atoms with Crippen LogP contribution in [-0.4, -0.2) is 102 Å². The van der Waals surface area contributed by atoms with Crippen molar-refractivity contribution in [2.45, 2.75) is 115 Å². The number of halogens is 1. The monoisotopic (exact) mass is 752 g/mol. The van der Waals surface area contributed by atoms with Gasteiger partial charge < -0.3 is 28.6 Å². The normalized spacial score (nSPS) is 16.8. The number of esters is 3. The molecule has 2 amide bonds. The number of carbonyl (C=O) groups excluding carboxylic acids is 5. The van der Waals surface area contributed by atoms with Gasteiger partial charge in [-0.3, -0.25) is 9.69 Å². The lowest BCUT2D eigenvalue weighted by Gasteiger charge is -2.33. The molecule has 2 aromatic rings. The van der Waals surface area contributed by atoms with E-state index in [1.54, 1.807) is 45.0 Å². The third-order valence-electron chi connectivity index (χ3n) is 9.26. The molecule has 1 heterocycles. The van der Waals surface area contributed by atoms with Crippen LogP contribution in [0, 0.1) is 0 Å². The molecule has 4 rings (SSSR count). The first-order valence-electron chi connectivity index (χ1n) is 18.2. The molecule has 0 unspecified atom stereocenters. The zero-order chi connectivity index (χ0) is 39.8. The fraction of sp³-hybridized carbons (Fsp3) is 0.537. The third kappa shape index (κ3) is 11.6. The summed E-state index contributed by atoms with van der Waals surface area (Å²) in [6, 6.07) is 15.0. The van der Waals surface area contributed by atoms with Crippen molar-refractivity contribution in [3.05, 3.63) is 77.4 Å². The summed E-state index contributed by atoms with van der Waals surface area (Å²) in [7, 11) is 2.70. The van der Waals surface area contributed by atoms with Crippen molar-refractivity contribution in [2.75, 3.05) is 27.3 Å². The minimum absolute atomic E-state index is 0.0491. The van der Waals surface area contributed by atoms with Crippen molar-refractivity contribution in [1.29, 1.82) is 0 Å². The highest BCUT2D eigenvalue weighted by Crippen LogP contribution is 2.43. The molecule has 0 bridgehead atoms. The highest BCUT2D eigenvalue weighted by atomic mass is 19.1. The highest BCUT2D eigenvalue weighted by molar-refractivity contribution is 5.93. The third-order valence-corrected chi connectivity index (χ3v) is 9.26. The minimum atomic E-state index is -1.95. The standard InChI is InChI=1S/C41H53FN2O10/c1-27(52-37(48)41(20-21-41)44(8)38(49)54-39(2,3)4)34(45)43(7)32(25-40(5,6)42)35(46)53-33(36(47)51-26-29-12-10-9-11-13-29)24-28-14-16-30(17-15-28)31-18-22-50-23-19-31/h9-18,27,32-33H,19-26H2,1-8H3/t27-,32+,33-/m1/s1. The molecular weight excluding hydrogens is 699 g/mol. The topological polar surface area (TPSA) is 138 Å². The van der Waals surface area contributed by atoms with E-state index in [2.05, 4.69) is 0 Å². The van der Waals surface area contributed by atoms with E-state index in [1.165, 1.54) is 39.8 Å². The Balaban J connectivity index is 1.50. The van der Waals surface area contributed by atoms with Crippen molar-refractivity contribution >= 4 is 35.5 Å². The van der Waals surface area contributed by atoms with E-state index in [1.807, 2.05) is 36.4 Å². The second kappa shape index (κ2) is 17.6. The Kier molecular flexibility index (Phi) is 13.7. The molecule has 0 N–H and O–H groups in total. The molecule has 1 aliphatic carbocycles. The Labute approximate surface area is 316 Å². The van der Waals surface area contributed by atoms with Gasteiger partial charge >= 0.3 is 24.0 Å². The second-order valence-corrected chi connectivity index (χ2v) is 15.5. The van der Waals surface area contributed by atoms with Crippen LogP contribution >= 0.6 is 0 Å². The van der Waals surface area contributed by atoms with Crippen LogP contribution in [0.4, 0.5) is 9.18 Å². The Hall–Kier alpha value is -4.78. The molecule has 1 fully saturated rings. The maximum absolute atomic E-state index is 15.2. The van der Waals surface area contributed by atoms with Gasteiger partial charge in [0.25, 0.3) is 5.91 Å². The zero-order valence-electron chi connectivity index (χ0n) is 32.5. The van der Waals surface area contributed by atoms with Gasteiger partial charge in [0.1, 0.15) is 29.5 Å². The molecule has 0 saturated heterocycles. The molecule has 294 valence electrons. The fourth-order valence-electron chi connectivity index (χ4n) is 5.97. The number of amides is 2. The van der Waals surface area contributed by atoms with Crippen LogP contribution in [0.1, 0.15) is 83.9 Å². The highest BCUT2D eigenvalue weighted by Gasteiger charge is 2.58. The van der Waals surface area contributed by atoms with Gasteiger partial charge in [0.15, 0.2) is 6.10 Å². The molecule has 0 aromatic heterocycles.